The van der Waals surface area contributed by atoms with Crippen LogP contribution in [0, 0.1) is 6.92 Å². The molecule has 1 aliphatic carbocycles. The van der Waals surface area contributed by atoms with Crippen molar-refractivity contribution in [2.45, 2.75) is 39.2 Å². The summed E-state index contributed by atoms with van der Waals surface area (Å²) >= 11 is 0. The van der Waals surface area contributed by atoms with Gasteiger partial charge in [0.05, 0.1) is 6.04 Å². The van der Waals surface area contributed by atoms with Crippen LogP contribution in [0.1, 0.15) is 52.3 Å². The van der Waals surface area contributed by atoms with Gasteiger partial charge in [0.2, 0.25) is 11.7 Å². The number of rotatable bonds is 4. The molecule has 3 aromatic rings. The monoisotopic (exact) mass is 348 g/mol. The van der Waals surface area contributed by atoms with Crippen molar-refractivity contribution >= 4 is 5.91 Å². The zero-order valence-corrected chi connectivity index (χ0v) is 14.8. The molecule has 0 radical (unpaired) electrons. The van der Waals surface area contributed by atoms with Crippen molar-refractivity contribution in [2.24, 2.45) is 0 Å². The molecule has 2 heterocycles. The summed E-state index contributed by atoms with van der Waals surface area (Å²) in [4.78, 5) is 21.0. The molecule has 1 aliphatic rings. The van der Waals surface area contributed by atoms with Gasteiger partial charge in [0, 0.05) is 29.9 Å². The van der Waals surface area contributed by atoms with Crippen LogP contribution in [-0.4, -0.2) is 21.0 Å². The molecule has 1 unspecified atom stereocenters. The molecular weight excluding hydrogens is 328 g/mol. The first kappa shape index (κ1) is 16.4. The number of benzene rings is 1. The van der Waals surface area contributed by atoms with Crippen molar-refractivity contribution in [3.05, 3.63) is 64.8 Å². The smallest absolute Gasteiger partial charge is 0.252 e. The van der Waals surface area contributed by atoms with Crippen LogP contribution in [0.3, 0.4) is 0 Å². The minimum Gasteiger partial charge on any atom is -0.345 e. The van der Waals surface area contributed by atoms with Gasteiger partial charge in [-0.2, -0.15) is 4.98 Å². The lowest BCUT2D eigenvalue weighted by Gasteiger charge is -2.15. The van der Waals surface area contributed by atoms with E-state index in [1.807, 2.05) is 19.9 Å². The van der Waals surface area contributed by atoms with E-state index in [-0.39, 0.29) is 11.9 Å². The third kappa shape index (κ3) is 2.98. The van der Waals surface area contributed by atoms with E-state index in [0.717, 1.165) is 36.0 Å². The number of pyridine rings is 1. The Morgan fingerprint density at radius 3 is 3.00 bits per heavy atom. The predicted molar refractivity (Wildman–Crippen MR) is 96.6 cm³/mol. The molecule has 1 N–H and O–H groups in total. The summed E-state index contributed by atoms with van der Waals surface area (Å²) in [5.41, 5.74) is 4.88. The maximum Gasteiger partial charge on any atom is 0.252 e. The van der Waals surface area contributed by atoms with Crippen molar-refractivity contribution in [1.29, 1.82) is 0 Å². The molecule has 0 fully saturated rings. The molecule has 1 atom stereocenters. The molecule has 4 rings (SSSR count). The number of carbonyl (C=O) groups excluding carboxylic acids is 1. The Bertz CT molecular complexity index is 964. The molecule has 0 saturated heterocycles. The fourth-order valence-electron chi connectivity index (χ4n) is 3.39. The van der Waals surface area contributed by atoms with E-state index in [0.29, 0.717) is 17.3 Å². The molecular formula is C20H20N4O2. The first-order chi connectivity index (χ1) is 12.7. The molecule has 6 nitrogen and oxygen atoms in total. The fourth-order valence-corrected chi connectivity index (χ4v) is 3.39. The maximum absolute atomic E-state index is 12.6. The van der Waals surface area contributed by atoms with E-state index in [1.165, 1.54) is 5.56 Å². The first-order valence-corrected chi connectivity index (χ1v) is 8.83. The van der Waals surface area contributed by atoms with Crippen LogP contribution in [0.15, 0.2) is 41.2 Å². The SMILES string of the molecule is CCc1nc(-c2ccc3c(c2)CCC3NC(=O)c2ccncc2C)no1. The van der Waals surface area contributed by atoms with Gasteiger partial charge < -0.3 is 9.84 Å². The number of nitrogens with zero attached hydrogens (tertiary/aromatic N) is 3. The van der Waals surface area contributed by atoms with Crippen molar-refractivity contribution in [3.8, 4) is 11.4 Å². The number of aryl methyl sites for hydroxylation is 3. The quantitative estimate of drug-likeness (QED) is 0.781. The van der Waals surface area contributed by atoms with E-state index in [1.54, 1.807) is 18.5 Å². The number of hydrogen-bond acceptors (Lipinski definition) is 5. The van der Waals surface area contributed by atoms with Gasteiger partial charge in [0.15, 0.2) is 0 Å². The largest absolute Gasteiger partial charge is 0.345 e. The van der Waals surface area contributed by atoms with Crippen molar-refractivity contribution < 1.29 is 9.32 Å². The summed E-state index contributed by atoms with van der Waals surface area (Å²) < 4.78 is 5.20. The van der Waals surface area contributed by atoms with Crippen molar-refractivity contribution in [2.75, 3.05) is 0 Å². The molecule has 132 valence electrons. The molecule has 0 spiro atoms. The Balaban J connectivity index is 1.55. The van der Waals surface area contributed by atoms with Crippen LogP contribution in [0.2, 0.25) is 0 Å². The Kier molecular flexibility index (Phi) is 4.24. The molecule has 2 aromatic heterocycles. The topological polar surface area (TPSA) is 80.9 Å². The zero-order chi connectivity index (χ0) is 18.1. The van der Waals surface area contributed by atoms with Gasteiger partial charge in [-0.25, -0.2) is 0 Å². The van der Waals surface area contributed by atoms with E-state index >= 15 is 0 Å². The highest BCUT2D eigenvalue weighted by Crippen LogP contribution is 2.34. The third-order valence-corrected chi connectivity index (χ3v) is 4.82. The second kappa shape index (κ2) is 6.71. The van der Waals surface area contributed by atoms with Crippen LogP contribution >= 0.6 is 0 Å². The Hall–Kier alpha value is -3.02. The summed E-state index contributed by atoms with van der Waals surface area (Å²) in [6.07, 6.45) is 5.88. The highest BCUT2D eigenvalue weighted by Gasteiger charge is 2.25. The first-order valence-electron chi connectivity index (χ1n) is 8.83. The van der Waals surface area contributed by atoms with E-state index in [4.69, 9.17) is 4.52 Å². The summed E-state index contributed by atoms with van der Waals surface area (Å²) in [6, 6.07) is 7.93. The Morgan fingerprint density at radius 2 is 2.23 bits per heavy atom. The number of carbonyl (C=O) groups is 1. The summed E-state index contributed by atoms with van der Waals surface area (Å²) in [7, 11) is 0. The second-order valence-electron chi connectivity index (χ2n) is 6.53. The van der Waals surface area contributed by atoms with Gasteiger partial charge in [-0.1, -0.05) is 24.2 Å². The zero-order valence-electron chi connectivity index (χ0n) is 14.8. The number of hydrogen-bond donors (Lipinski definition) is 1. The van der Waals surface area contributed by atoms with Crippen LogP contribution in [0.4, 0.5) is 0 Å². The minimum absolute atomic E-state index is 0.0237. The van der Waals surface area contributed by atoms with Crippen molar-refractivity contribution in [3.63, 3.8) is 0 Å². The fraction of sp³-hybridized carbons (Fsp3) is 0.300. The molecule has 26 heavy (non-hydrogen) atoms. The lowest BCUT2D eigenvalue weighted by molar-refractivity contribution is 0.0936. The molecule has 0 saturated carbocycles. The van der Waals surface area contributed by atoms with Crippen LogP contribution in [0.5, 0.6) is 0 Å². The normalized spacial score (nSPS) is 15.7. The van der Waals surface area contributed by atoms with Gasteiger partial charge in [0.25, 0.3) is 5.91 Å². The van der Waals surface area contributed by atoms with Crippen LogP contribution in [-0.2, 0) is 12.8 Å². The van der Waals surface area contributed by atoms with Crippen LogP contribution in [0.25, 0.3) is 11.4 Å². The standard InChI is InChI=1S/C20H20N4O2/c1-3-18-23-19(24-26-18)14-4-6-16-13(10-14)5-7-17(16)22-20(25)15-8-9-21-11-12(15)2/h4,6,8-11,17H,3,5,7H2,1-2H3,(H,22,25). The van der Waals surface area contributed by atoms with Gasteiger partial charge in [-0.3, -0.25) is 9.78 Å². The average molecular weight is 348 g/mol. The maximum atomic E-state index is 12.6. The second-order valence-corrected chi connectivity index (χ2v) is 6.53. The van der Waals surface area contributed by atoms with Gasteiger partial charge in [0.1, 0.15) is 0 Å². The highest BCUT2D eigenvalue weighted by molar-refractivity contribution is 5.95. The van der Waals surface area contributed by atoms with Crippen LogP contribution < -0.4 is 5.32 Å². The third-order valence-electron chi connectivity index (χ3n) is 4.82. The highest BCUT2D eigenvalue weighted by atomic mass is 16.5. The number of nitrogens with one attached hydrogen (secondary N) is 1. The van der Waals surface area contributed by atoms with Gasteiger partial charge in [-0.05, 0) is 48.6 Å². The Morgan fingerprint density at radius 1 is 1.35 bits per heavy atom. The number of fused-ring (bicyclic) bond motifs is 1. The molecule has 6 heteroatoms. The molecule has 1 aromatic carbocycles. The Labute approximate surface area is 151 Å². The average Bonchev–Trinajstić information content (AvgIpc) is 3.29. The molecule has 1 amide bonds. The summed E-state index contributed by atoms with van der Waals surface area (Å²) in [5, 5.41) is 7.19. The number of aromatic nitrogens is 3. The predicted octanol–water partition coefficient (Wildman–Crippen LogP) is 3.42. The number of amides is 1. The lowest BCUT2D eigenvalue weighted by atomic mass is 10.0. The van der Waals surface area contributed by atoms with E-state index < -0.39 is 0 Å². The van der Waals surface area contributed by atoms with Gasteiger partial charge >= 0.3 is 0 Å². The summed E-state index contributed by atoms with van der Waals surface area (Å²) in [5.74, 6) is 1.19. The molecule has 0 aliphatic heterocycles. The van der Waals surface area contributed by atoms with E-state index in [9.17, 15) is 4.79 Å². The molecule has 0 bridgehead atoms. The van der Waals surface area contributed by atoms with Gasteiger partial charge in [-0.15, -0.1) is 0 Å². The van der Waals surface area contributed by atoms with E-state index in [2.05, 4.69) is 32.6 Å². The summed E-state index contributed by atoms with van der Waals surface area (Å²) in [6.45, 7) is 3.88. The van der Waals surface area contributed by atoms with Crippen molar-refractivity contribution in [1.82, 2.24) is 20.4 Å². The minimum atomic E-state index is -0.0578. The lowest BCUT2D eigenvalue weighted by Crippen LogP contribution is -2.27.